The average Bonchev–Trinajstić information content (AvgIpc) is 3.71. The maximum atomic E-state index is 12.2. The normalized spacial score (nSPS) is 17.4. The predicted octanol–water partition coefficient (Wildman–Crippen LogP) is 5.95. The van der Waals surface area contributed by atoms with Crippen molar-refractivity contribution < 1.29 is 19.6 Å². The van der Waals surface area contributed by atoms with Gasteiger partial charge in [0, 0.05) is 17.5 Å². The summed E-state index contributed by atoms with van der Waals surface area (Å²) in [5.74, 6) is 0.235. The van der Waals surface area contributed by atoms with E-state index in [9.17, 15) is 10.0 Å². The molecule has 3 unspecified atom stereocenters. The molecule has 1 aromatic heterocycles. The first-order chi connectivity index (χ1) is 18.0. The van der Waals surface area contributed by atoms with Gasteiger partial charge in [-0.1, -0.05) is 60.1 Å². The highest BCUT2D eigenvalue weighted by Crippen LogP contribution is 2.38. The Bertz CT molecular complexity index is 1360. The van der Waals surface area contributed by atoms with Crippen LogP contribution in [0.25, 0.3) is 10.9 Å². The van der Waals surface area contributed by atoms with Gasteiger partial charge in [-0.15, -0.1) is 5.06 Å². The predicted molar refractivity (Wildman–Crippen MR) is 141 cm³/mol. The molecule has 1 N–H and O–H groups in total. The Labute approximate surface area is 220 Å². The van der Waals surface area contributed by atoms with Crippen LogP contribution in [0.1, 0.15) is 35.7 Å². The Morgan fingerprint density at radius 1 is 1.08 bits per heavy atom. The van der Waals surface area contributed by atoms with Crippen LogP contribution in [0.2, 0.25) is 5.02 Å². The highest BCUT2D eigenvalue weighted by Gasteiger charge is 2.49. The molecule has 3 aromatic carbocycles. The number of amides is 1. The number of hydrogen-bond donors (Lipinski definition) is 1. The summed E-state index contributed by atoms with van der Waals surface area (Å²) in [4.78, 5) is 22.4. The number of halogens is 1. The van der Waals surface area contributed by atoms with Crippen LogP contribution >= 0.6 is 11.6 Å². The smallest absolute Gasteiger partial charge is 0.294 e. The van der Waals surface area contributed by atoms with Crippen molar-refractivity contribution in [3.05, 3.63) is 107 Å². The number of likely N-dealkylation sites (N-methyl/N-ethyl adjacent to an activating group) is 1. The summed E-state index contributed by atoms with van der Waals surface area (Å²) in [5.41, 5.74) is 4.00. The number of carbonyl (C=O) groups excluding carboxylic acids is 1. The number of aromatic nitrogens is 1. The van der Waals surface area contributed by atoms with E-state index in [1.165, 1.54) is 12.6 Å². The number of rotatable bonds is 10. The molecule has 0 spiro atoms. The fourth-order valence-electron chi connectivity index (χ4n) is 4.36. The summed E-state index contributed by atoms with van der Waals surface area (Å²) in [6, 6.07) is 27.5. The molecule has 0 radical (unpaired) electrons. The van der Waals surface area contributed by atoms with Gasteiger partial charge in [0.05, 0.1) is 17.3 Å². The van der Waals surface area contributed by atoms with Crippen LogP contribution in [0, 0.1) is 0 Å². The highest BCUT2D eigenvalue weighted by atomic mass is 35.5. The van der Waals surface area contributed by atoms with Crippen molar-refractivity contribution in [2.24, 2.45) is 0 Å². The quantitative estimate of drug-likeness (QED) is 0.159. The van der Waals surface area contributed by atoms with Gasteiger partial charge in [0.15, 0.2) is 0 Å². The van der Waals surface area contributed by atoms with Gasteiger partial charge in [-0.05, 0) is 66.8 Å². The Morgan fingerprint density at radius 2 is 1.84 bits per heavy atom. The Balaban J connectivity index is 1.24. The van der Waals surface area contributed by atoms with Crippen molar-refractivity contribution in [3.8, 4) is 5.75 Å². The van der Waals surface area contributed by atoms with Gasteiger partial charge < -0.3 is 4.74 Å². The number of fused-ring (bicyclic) bond motifs is 1. The van der Waals surface area contributed by atoms with Crippen molar-refractivity contribution in [2.45, 2.75) is 38.1 Å². The van der Waals surface area contributed by atoms with Crippen LogP contribution < -0.4 is 4.74 Å². The maximum Gasteiger partial charge on any atom is 0.294 e. The number of hydrogen-bond acceptors (Lipinski definition) is 6. The molecule has 37 heavy (non-hydrogen) atoms. The molecule has 5 rings (SSSR count). The minimum absolute atomic E-state index is 0.141. The summed E-state index contributed by atoms with van der Waals surface area (Å²) in [7, 11) is 1.30. The number of nitrogens with zero attached hydrogens (tertiary/aromatic N) is 3. The van der Waals surface area contributed by atoms with Crippen molar-refractivity contribution in [3.63, 3.8) is 0 Å². The van der Waals surface area contributed by atoms with Crippen molar-refractivity contribution >= 4 is 28.4 Å². The van der Waals surface area contributed by atoms with E-state index in [1.54, 1.807) is 5.06 Å². The van der Waals surface area contributed by atoms with Crippen LogP contribution in [0.3, 0.4) is 0 Å². The molecular formula is C29H28ClN3O4. The van der Waals surface area contributed by atoms with E-state index < -0.39 is 12.1 Å². The minimum Gasteiger partial charge on any atom is -0.487 e. The molecular weight excluding hydrogens is 490 g/mol. The fraction of sp³-hybridized carbons (Fsp3) is 0.241. The van der Waals surface area contributed by atoms with Crippen molar-refractivity contribution in [1.82, 2.24) is 15.1 Å². The topological polar surface area (TPSA) is 78.2 Å². The maximum absolute atomic E-state index is 12.2. The average molecular weight is 518 g/mol. The number of hydroxylamine groups is 4. The van der Waals surface area contributed by atoms with E-state index >= 15 is 0 Å². The lowest BCUT2D eigenvalue weighted by atomic mass is 9.98. The second kappa shape index (κ2) is 11.3. The van der Waals surface area contributed by atoms with E-state index in [0.29, 0.717) is 16.7 Å². The van der Waals surface area contributed by atoms with Gasteiger partial charge in [-0.3, -0.25) is 14.8 Å². The van der Waals surface area contributed by atoms with Crippen molar-refractivity contribution in [1.29, 1.82) is 0 Å². The third-order valence-electron chi connectivity index (χ3n) is 6.41. The second-order valence-corrected chi connectivity index (χ2v) is 9.50. The van der Waals surface area contributed by atoms with E-state index in [0.717, 1.165) is 47.2 Å². The molecule has 1 amide bonds. The minimum atomic E-state index is -0.787. The molecule has 3 atom stereocenters. The molecule has 1 fully saturated rings. The monoisotopic (exact) mass is 517 g/mol. The summed E-state index contributed by atoms with van der Waals surface area (Å²) < 4.78 is 5.98. The SMILES string of the molecule is CN(O)C(=O)C1ON1C(CCCc1ccc(Cl)cc1)c1ccc(OCc2ccc3ccccc3n2)cc1. The van der Waals surface area contributed by atoms with E-state index in [-0.39, 0.29) is 6.04 Å². The Kier molecular flexibility index (Phi) is 7.67. The lowest BCUT2D eigenvalue weighted by Gasteiger charge is -2.18. The second-order valence-electron chi connectivity index (χ2n) is 9.07. The molecule has 0 bridgehead atoms. The lowest BCUT2D eigenvalue weighted by Crippen LogP contribution is -2.30. The highest BCUT2D eigenvalue weighted by molar-refractivity contribution is 6.30. The fourth-order valence-corrected chi connectivity index (χ4v) is 4.49. The zero-order chi connectivity index (χ0) is 25.8. The number of benzene rings is 3. The largest absolute Gasteiger partial charge is 0.487 e. The summed E-state index contributed by atoms with van der Waals surface area (Å²) in [6.07, 6.45) is 1.74. The number of ether oxygens (including phenoxy) is 1. The zero-order valence-electron chi connectivity index (χ0n) is 20.5. The summed E-state index contributed by atoms with van der Waals surface area (Å²) in [5, 5.41) is 13.6. The third kappa shape index (κ3) is 6.26. The van der Waals surface area contributed by atoms with Gasteiger partial charge in [-0.25, -0.2) is 10.0 Å². The van der Waals surface area contributed by atoms with Crippen LogP contribution in [0.4, 0.5) is 0 Å². The van der Waals surface area contributed by atoms with Gasteiger partial charge in [0.25, 0.3) is 5.91 Å². The van der Waals surface area contributed by atoms with Crippen LogP contribution in [0.5, 0.6) is 5.75 Å². The van der Waals surface area contributed by atoms with Gasteiger partial charge in [0.2, 0.25) is 6.23 Å². The number of carbonyl (C=O) groups is 1. The standard InChI is InChI=1S/C29H28ClN3O4/c1-32(35)28(34)29-33(37-29)27(8-4-5-20-9-14-23(30)15-10-20)22-12-17-25(18-13-22)36-19-24-16-11-21-6-2-3-7-26(21)31-24/h2-3,6-7,9-18,27,29,35H,4-5,8,19H2,1H3. The first-order valence-corrected chi connectivity index (χ1v) is 12.6. The third-order valence-corrected chi connectivity index (χ3v) is 6.66. The number of pyridine rings is 1. The van der Waals surface area contributed by atoms with Gasteiger partial charge >= 0.3 is 0 Å². The van der Waals surface area contributed by atoms with Crippen LogP contribution in [0.15, 0.2) is 84.9 Å². The molecule has 1 aliphatic rings. The summed E-state index contributed by atoms with van der Waals surface area (Å²) in [6.45, 7) is 0.364. The van der Waals surface area contributed by atoms with Gasteiger partial charge in [-0.2, -0.15) is 0 Å². The molecule has 7 nitrogen and oxygen atoms in total. The van der Waals surface area contributed by atoms with Crippen LogP contribution in [-0.4, -0.2) is 39.5 Å². The number of para-hydroxylation sites is 1. The molecule has 0 aliphatic carbocycles. The van der Waals surface area contributed by atoms with Crippen molar-refractivity contribution in [2.75, 3.05) is 7.05 Å². The lowest BCUT2D eigenvalue weighted by molar-refractivity contribution is -0.160. The first kappa shape index (κ1) is 25.2. The first-order valence-electron chi connectivity index (χ1n) is 12.2. The zero-order valence-corrected chi connectivity index (χ0v) is 21.2. The summed E-state index contributed by atoms with van der Waals surface area (Å²) >= 11 is 6.00. The van der Waals surface area contributed by atoms with Gasteiger partial charge in [0.1, 0.15) is 12.4 Å². The molecule has 1 aliphatic heterocycles. The van der Waals surface area contributed by atoms with Crippen LogP contribution in [-0.2, 0) is 22.7 Å². The van der Waals surface area contributed by atoms with E-state index in [4.69, 9.17) is 21.2 Å². The molecule has 8 heteroatoms. The molecule has 0 saturated carbocycles. The Morgan fingerprint density at radius 3 is 2.59 bits per heavy atom. The number of aryl methyl sites for hydroxylation is 1. The molecule has 2 heterocycles. The molecule has 4 aromatic rings. The molecule has 190 valence electrons. The Hall–Kier alpha value is -3.49. The van der Waals surface area contributed by atoms with E-state index in [1.807, 2.05) is 84.9 Å². The molecule has 1 saturated heterocycles. The van der Waals surface area contributed by atoms with E-state index in [2.05, 4.69) is 4.98 Å².